The minimum atomic E-state index is -4.04. The van der Waals surface area contributed by atoms with E-state index in [1.807, 2.05) is 6.07 Å². The van der Waals surface area contributed by atoms with Crippen LogP contribution in [0.25, 0.3) is 0 Å². The van der Waals surface area contributed by atoms with Crippen molar-refractivity contribution in [3.8, 4) is 0 Å². The summed E-state index contributed by atoms with van der Waals surface area (Å²) in [5.41, 5.74) is 2.02. The number of sulfonamides is 1. The Morgan fingerprint density at radius 3 is 2.33 bits per heavy atom. The lowest BCUT2D eigenvalue weighted by Crippen LogP contribution is -2.37. The van der Waals surface area contributed by atoms with Gasteiger partial charge in [-0.15, -0.1) is 0 Å². The third kappa shape index (κ3) is 5.44. The molecule has 0 saturated heterocycles. The summed E-state index contributed by atoms with van der Waals surface area (Å²) in [6.07, 6.45) is 0. The second-order valence-corrected chi connectivity index (χ2v) is 9.09. The maximum atomic E-state index is 13.3. The van der Waals surface area contributed by atoms with Crippen LogP contribution in [-0.2, 0) is 21.4 Å². The highest BCUT2D eigenvalue weighted by molar-refractivity contribution is 7.89. The number of nitrogens with zero attached hydrogens (tertiary/aromatic N) is 1. The van der Waals surface area contributed by atoms with Crippen LogP contribution in [0.3, 0.4) is 0 Å². The first-order valence-corrected chi connectivity index (χ1v) is 10.9. The number of aryl methyl sites for hydroxylation is 1. The monoisotopic (exact) mass is 446 g/mol. The van der Waals surface area contributed by atoms with E-state index in [4.69, 9.17) is 11.6 Å². The van der Waals surface area contributed by atoms with Crippen LogP contribution in [0, 0.1) is 12.7 Å². The summed E-state index contributed by atoms with van der Waals surface area (Å²) < 4.78 is 40.6. The van der Waals surface area contributed by atoms with Crippen LogP contribution in [0.2, 0.25) is 5.02 Å². The Morgan fingerprint density at radius 1 is 1.03 bits per heavy atom. The van der Waals surface area contributed by atoms with Crippen LogP contribution in [0.15, 0.2) is 77.7 Å². The number of anilines is 1. The van der Waals surface area contributed by atoms with Gasteiger partial charge in [0, 0.05) is 17.3 Å². The van der Waals surface area contributed by atoms with Crippen LogP contribution in [-0.4, -0.2) is 25.2 Å². The number of carbonyl (C=O) groups is 1. The van der Waals surface area contributed by atoms with E-state index in [1.165, 1.54) is 12.1 Å². The minimum Gasteiger partial charge on any atom is -0.325 e. The van der Waals surface area contributed by atoms with Gasteiger partial charge in [-0.2, -0.15) is 4.31 Å². The zero-order chi connectivity index (χ0) is 21.7. The van der Waals surface area contributed by atoms with Gasteiger partial charge in [-0.1, -0.05) is 41.9 Å². The molecule has 3 aromatic rings. The molecular formula is C22H20ClFN2O3S. The molecule has 0 aliphatic rings. The largest absolute Gasteiger partial charge is 0.325 e. The third-order valence-corrected chi connectivity index (χ3v) is 6.48. The highest BCUT2D eigenvalue weighted by Gasteiger charge is 2.27. The normalized spacial score (nSPS) is 11.5. The zero-order valence-electron chi connectivity index (χ0n) is 16.2. The van der Waals surface area contributed by atoms with Crippen molar-refractivity contribution in [1.29, 1.82) is 0 Å². The number of carbonyl (C=O) groups excluding carboxylic acids is 1. The first kappa shape index (κ1) is 22.0. The van der Waals surface area contributed by atoms with Gasteiger partial charge in [-0.3, -0.25) is 4.79 Å². The van der Waals surface area contributed by atoms with Crippen molar-refractivity contribution in [2.24, 2.45) is 0 Å². The molecule has 0 aromatic heterocycles. The average Bonchev–Trinajstić information content (AvgIpc) is 2.71. The predicted octanol–water partition coefficient (Wildman–Crippen LogP) is 4.62. The fraction of sp³-hybridized carbons (Fsp3) is 0.136. The summed E-state index contributed by atoms with van der Waals surface area (Å²) in [5, 5.41) is 3.26. The number of amides is 1. The van der Waals surface area contributed by atoms with Gasteiger partial charge in [0.1, 0.15) is 5.82 Å². The van der Waals surface area contributed by atoms with E-state index in [-0.39, 0.29) is 11.4 Å². The smallest absolute Gasteiger partial charge is 0.243 e. The van der Waals surface area contributed by atoms with Crippen molar-refractivity contribution >= 4 is 33.2 Å². The fourth-order valence-electron chi connectivity index (χ4n) is 2.89. The SMILES string of the molecule is Cc1cc(Cl)ccc1NC(=O)CN(Cc1ccccc1)S(=O)(=O)c1ccc(F)cc1. The van der Waals surface area contributed by atoms with E-state index in [9.17, 15) is 17.6 Å². The number of rotatable bonds is 7. The molecule has 3 rings (SSSR count). The number of halogens is 2. The number of nitrogens with one attached hydrogen (secondary N) is 1. The number of hydrogen-bond acceptors (Lipinski definition) is 3. The lowest BCUT2D eigenvalue weighted by atomic mass is 10.2. The van der Waals surface area contributed by atoms with E-state index in [2.05, 4.69) is 5.32 Å². The summed E-state index contributed by atoms with van der Waals surface area (Å²) in [6, 6.07) is 18.5. The standard InChI is InChI=1S/C22H20ClFN2O3S/c1-16-13-18(23)7-12-21(16)25-22(27)15-26(14-17-5-3-2-4-6-17)30(28,29)20-10-8-19(24)9-11-20/h2-13H,14-15H2,1H3,(H,25,27). The predicted molar refractivity (Wildman–Crippen MR) is 115 cm³/mol. The van der Waals surface area contributed by atoms with Crippen LogP contribution in [0.1, 0.15) is 11.1 Å². The quantitative estimate of drug-likeness (QED) is 0.576. The van der Waals surface area contributed by atoms with Crippen LogP contribution in [0.5, 0.6) is 0 Å². The Balaban J connectivity index is 1.87. The van der Waals surface area contributed by atoms with Crippen LogP contribution < -0.4 is 5.32 Å². The molecule has 0 fully saturated rings. The molecule has 1 N–H and O–H groups in total. The molecule has 156 valence electrons. The molecule has 0 heterocycles. The van der Waals surface area contributed by atoms with Crippen molar-refractivity contribution in [1.82, 2.24) is 4.31 Å². The summed E-state index contributed by atoms with van der Waals surface area (Å²) in [4.78, 5) is 12.6. The second-order valence-electron chi connectivity index (χ2n) is 6.72. The molecule has 3 aromatic carbocycles. The zero-order valence-corrected chi connectivity index (χ0v) is 17.8. The molecule has 0 aliphatic carbocycles. The van der Waals surface area contributed by atoms with Gasteiger partial charge in [0.2, 0.25) is 15.9 Å². The molecule has 30 heavy (non-hydrogen) atoms. The Bertz CT molecular complexity index is 1140. The van der Waals surface area contributed by atoms with Gasteiger partial charge >= 0.3 is 0 Å². The second kappa shape index (κ2) is 9.38. The van der Waals surface area contributed by atoms with Crippen LogP contribution in [0.4, 0.5) is 10.1 Å². The Hall–Kier alpha value is -2.74. The summed E-state index contributed by atoms with van der Waals surface area (Å²) in [7, 11) is -4.04. The molecule has 0 spiro atoms. The molecule has 1 amide bonds. The van der Waals surface area contributed by atoms with Crippen molar-refractivity contribution in [3.05, 3.63) is 94.8 Å². The average molecular weight is 447 g/mol. The molecular weight excluding hydrogens is 427 g/mol. The van der Waals surface area contributed by atoms with Crippen molar-refractivity contribution in [2.45, 2.75) is 18.4 Å². The van der Waals surface area contributed by atoms with E-state index in [0.717, 1.165) is 27.6 Å². The molecule has 0 aliphatic heterocycles. The Labute approximate surface area is 180 Å². The minimum absolute atomic E-state index is 0.00638. The number of hydrogen-bond donors (Lipinski definition) is 1. The number of benzene rings is 3. The lowest BCUT2D eigenvalue weighted by molar-refractivity contribution is -0.116. The van der Waals surface area contributed by atoms with Gasteiger partial charge in [0.15, 0.2) is 0 Å². The summed E-state index contributed by atoms with van der Waals surface area (Å²) in [5.74, 6) is -1.04. The molecule has 0 radical (unpaired) electrons. The molecule has 0 saturated carbocycles. The van der Waals surface area contributed by atoms with Crippen LogP contribution >= 0.6 is 11.6 Å². The maximum absolute atomic E-state index is 13.3. The van der Waals surface area contributed by atoms with Gasteiger partial charge in [0.05, 0.1) is 11.4 Å². The topological polar surface area (TPSA) is 66.5 Å². The highest BCUT2D eigenvalue weighted by Crippen LogP contribution is 2.21. The molecule has 0 unspecified atom stereocenters. The van der Waals surface area contributed by atoms with E-state index < -0.39 is 28.3 Å². The van der Waals surface area contributed by atoms with Gasteiger partial charge < -0.3 is 5.32 Å². The third-order valence-electron chi connectivity index (χ3n) is 4.44. The van der Waals surface area contributed by atoms with Crippen molar-refractivity contribution in [3.63, 3.8) is 0 Å². The van der Waals surface area contributed by atoms with E-state index in [1.54, 1.807) is 49.4 Å². The van der Waals surface area contributed by atoms with E-state index >= 15 is 0 Å². The Kier molecular flexibility index (Phi) is 6.87. The molecule has 5 nitrogen and oxygen atoms in total. The molecule has 8 heteroatoms. The fourth-order valence-corrected chi connectivity index (χ4v) is 4.50. The molecule has 0 atom stereocenters. The summed E-state index contributed by atoms with van der Waals surface area (Å²) >= 11 is 5.94. The maximum Gasteiger partial charge on any atom is 0.243 e. The summed E-state index contributed by atoms with van der Waals surface area (Å²) in [6.45, 7) is 1.38. The first-order valence-electron chi connectivity index (χ1n) is 9.11. The van der Waals surface area contributed by atoms with E-state index in [0.29, 0.717) is 10.7 Å². The highest BCUT2D eigenvalue weighted by atomic mass is 35.5. The van der Waals surface area contributed by atoms with Gasteiger partial charge in [-0.25, -0.2) is 12.8 Å². The van der Waals surface area contributed by atoms with Crippen molar-refractivity contribution < 1.29 is 17.6 Å². The molecule has 0 bridgehead atoms. The Morgan fingerprint density at radius 2 is 1.70 bits per heavy atom. The van der Waals surface area contributed by atoms with Crippen molar-refractivity contribution in [2.75, 3.05) is 11.9 Å². The van der Waals surface area contributed by atoms with Gasteiger partial charge in [0.25, 0.3) is 0 Å². The van der Waals surface area contributed by atoms with Gasteiger partial charge in [-0.05, 0) is 60.5 Å². The first-order chi connectivity index (χ1) is 14.3. The lowest BCUT2D eigenvalue weighted by Gasteiger charge is -2.22.